The van der Waals surface area contributed by atoms with Crippen molar-refractivity contribution in [3.05, 3.63) is 35.4 Å². The first kappa shape index (κ1) is 13.4. The number of benzene rings is 1. The van der Waals surface area contributed by atoms with E-state index in [1.54, 1.807) is 0 Å². The van der Waals surface area contributed by atoms with Gasteiger partial charge in [0.2, 0.25) is 0 Å². The van der Waals surface area contributed by atoms with Crippen LogP contribution in [0, 0.1) is 11.6 Å². The number of halogens is 2. The van der Waals surface area contributed by atoms with E-state index < -0.39 is 11.6 Å². The van der Waals surface area contributed by atoms with E-state index in [1.807, 2.05) is 0 Å². The topological polar surface area (TPSA) is 15.3 Å². The molecule has 18 heavy (non-hydrogen) atoms. The maximum absolute atomic E-state index is 13.0. The fourth-order valence-electron chi connectivity index (χ4n) is 2.39. The third-order valence-corrected chi connectivity index (χ3v) is 3.49. The van der Waals surface area contributed by atoms with Gasteiger partial charge in [0, 0.05) is 12.1 Å². The first-order valence-corrected chi connectivity index (χ1v) is 6.50. The number of nitrogens with one attached hydrogen (secondary N) is 1. The number of rotatable bonds is 4. The molecule has 1 aliphatic rings. The minimum Gasteiger partial charge on any atom is -0.314 e. The summed E-state index contributed by atoms with van der Waals surface area (Å²) < 4.78 is 26.0. The van der Waals surface area contributed by atoms with Crippen LogP contribution in [0.3, 0.4) is 0 Å². The molecule has 2 nitrogen and oxygen atoms in total. The number of piperidine rings is 1. The molecule has 0 aromatic heterocycles. The van der Waals surface area contributed by atoms with Crippen molar-refractivity contribution < 1.29 is 8.78 Å². The van der Waals surface area contributed by atoms with Crippen molar-refractivity contribution in [3.8, 4) is 0 Å². The third-order valence-electron chi connectivity index (χ3n) is 3.49. The van der Waals surface area contributed by atoms with Crippen LogP contribution in [0.2, 0.25) is 0 Å². The average molecular weight is 254 g/mol. The Bertz CT molecular complexity index is 367. The quantitative estimate of drug-likeness (QED) is 0.886. The molecule has 0 aliphatic carbocycles. The van der Waals surface area contributed by atoms with Gasteiger partial charge in [-0.3, -0.25) is 0 Å². The van der Waals surface area contributed by atoms with Crippen LogP contribution >= 0.6 is 0 Å². The molecule has 1 aromatic rings. The molecule has 4 heteroatoms. The number of likely N-dealkylation sites (tertiary alicyclic amines) is 1. The third kappa shape index (κ3) is 4.03. The molecule has 1 aromatic carbocycles. The monoisotopic (exact) mass is 254 g/mol. The van der Waals surface area contributed by atoms with Crippen molar-refractivity contribution in [1.82, 2.24) is 10.2 Å². The summed E-state index contributed by atoms with van der Waals surface area (Å²) >= 11 is 0. The molecule has 0 atom stereocenters. The van der Waals surface area contributed by atoms with Crippen LogP contribution in [0.4, 0.5) is 8.78 Å². The smallest absolute Gasteiger partial charge is 0.126 e. The lowest BCUT2D eigenvalue weighted by molar-refractivity contribution is 0.235. The molecule has 100 valence electrons. The highest BCUT2D eigenvalue weighted by molar-refractivity contribution is 5.18. The minimum absolute atomic E-state index is 0.496. The van der Waals surface area contributed by atoms with Crippen molar-refractivity contribution in [1.29, 1.82) is 0 Å². The van der Waals surface area contributed by atoms with Crippen molar-refractivity contribution in [3.63, 3.8) is 0 Å². The lowest BCUT2D eigenvalue weighted by Crippen LogP contribution is -2.41. The van der Waals surface area contributed by atoms with Gasteiger partial charge in [-0.05, 0) is 63.6 Å². The Hall–Kier alpha value is -1.00. The van der Waals surface area contributed by atoms with Gasteiger partial charge in [0.05, 0.1) is 0 Å². The van der Waals surface area contributed by atoms with E-state index in [-0.39, 0.29) is 0 Å². The summed E-state index contributed by atoms with van der Waals surface area (Å²) in [6.07, 6.45) is 2.96. The fraction of sp³-hybridized carbons (Fsp3) is 0.571. The summed E-state index contributed by atoms with van der Waals surface area (Å²) in [6.45, 7) is 3.01. The molecule has 1 aliphatic heterocycles. The summed E-state index contributed by atoms with van der Waals surface area (Å²) in [4.78, 5) is 2.32. The highest BCUT2D eigenvalue weighted by Crippen LogP contribution is 2.10. The molecule has 1 saturated heterocycles. The van der Waals surface area contributed by atoms with Gasteiger partial charge in [-0.25, -0.2) is 8.78 Å². The van der Waals surface area contributed by atoms with E-state index in [0.717, 1.165) is 38.5 Å². The van der Waals surface area contributed by atoms with Gasteiger partial charge < -0.3 is 10.2 Å². The van der Waals surface area contributed by atoms with E-state index >= 15 is 0 Å². The van der Waals surface area contributed by atoms with E-state index in [0.29, 0.717) is 18.0 Å². The molecular formula is C14H20F2N2. The Morgan fingerprint density at radius 3 is 2.39 bits per heavy atom. The maximum Gasteiger partial charge on any atom is 0.126 e. The maximum atomic E-state index is 13.0. The van der Waals surface area contributed by atoms with Gasteiger partial charge in [0.15, 0.2) is 0 Å². The normalized spacial score (nSPS) is 18.2. The largest absolute Gasteiger partial charge is 0.314 e. The van der Waals surface area contributed by atoms with Crippen LogP contribution in [0.1, 0.15) is 18.4 Å². The number of hydrogen-bond donors (Lipinski definition) is 1. The van der Waals surface area contributed by atoms with E-state index in [2.05, 4.69) is 17.3 Å². The number of hydrogen-bond acceptors (Lipinski definition) is 2. The zero-order valence-corrected chi connectivity index (χ0v) is 10.8. The van der Waals surface area contributed by atoms with Crippen LogP contribution in [0.15, 0.2) is 18.2 Å². The molecule has 0 bridgehead atoms. The van der Waals surface area contributed by atoms with Crippen molar-refractivity contribution >= 4 is 0 Å². The highest BCUT2D eigenvalue weighted by Gasteiger charge is 2.15. The molecule has 0 spiro atoms. The molecule has 0 saturated carbocycles. The van der Waals surface area contributed by atoms with Gasteiger partial charge >= 0.3 is 0 Å². The molecule has 1 fully saturated rings. The van der Waals surface area contributed by atoms with Crippen LogP contribution in [-0.4, -0.2) is 37.6 Å². The van der Waals surface area contributed by atoms with Crippen LogP contribution in [-0.2, 0) is 6.42 Å². The summed E-state index contributed by atoms with van der Waals surface area (Å²) in [7, 11) is 2.13. The lowest BCUT2D eigenvalue weighted by Gasteiger charge is -2.29. The molecule has 1 N–H and O–H groups in total. The fourth-order valence-corrected chi connectivity index (χ4v) is 2.39. The Balaban J connectivity index is 1.74. The zero-order valence-electron chi connectivity index (χ0n) is 10.8. The predicted molar refractivity (Wildman–Crippen MR) is 68.6 cm³/mol. The summed E-state index contributed by atoms with van der Waals surface area (Å²) in [5.41, 5.74) is 0.716. The Morgan fingerprint density at radius 1 is 1.17 bits per heavy atom. The predicted octanol–water partition coefficient (Wildman–Crippen LogP) is 2.19. The van der Waals surface area contributed by atoms with Crippen molar-refractivity contribution in [2.75, 3.05) is 26.7 Å². The lowest BCUT2D eigenvalue weighted by atomic mass is 10.1. The Labute approximate surface area is 107 Å². The Kier molecular flexibility index (Phi) is 4.66. The van der Waals surface area contributed by atoms with E-state index in [4.69, 9.17) is 0 Å². The molecule has 0 unspecified atom stereocenters. The van der Waals surface area contributed by atoms with Gasteiger partial charge in [-0.15, -0.1) is 0 Å². The second-order valence-electron chi connectivity index (χ2n) is 5.06. The van der Waals surface area contributed by atoms with Crippen LogP contribution < -0.4 is 5.32 Å². The molecule has 1 heterocycles. The summed E-state index contributed by atoms with van der Waals surface area (Å²) in [6, 6.07) is 4.26. The zero-order chi connectivity index (χ0) is 13.0. The second-order valence-corrected chi connectivity index (χ2v) is 5.06. The standard InChI is InChI=1S/C14H20F2N2/c1-18-6-3-14(4-7-18)17-5-2-11-8-12(15)10-13(16)9-11/h8-10,14,17H,2-7H2,1H3. The molecule has 0 amide bonds. The van der Waals surface area contributed by atoms with Crippen molar-refractivity contribution in [2.45, 2.75) is 25.3 Å². The molecule has 0 radical (unpaired) electrons. The summed E-state index contributed by atoms with van der Waals surface area (Å²) in [5, 5.41) is 3.46. The van der Waals surface area contributed by atoms with E-state index in [1.165, 1.54) is 12.1 Å². The number of nitrogens with zero attached hydrogens (tertiary/aromatic N) is 1. The molecule has 2 rings (SSSR count). The van der Waals surface area contributed by atoms with Crippen LogP contribution in [0.5, 0.6) is 0 Å². The second kappa shape index (κ2) is 6.25. The SMILES string of the molecule is CN1CCC(NCCc2cc(F)cc(F)c2)CC1. The van der Waals surface area contributed by atoms with E-state index in [9.17, 15) is 8.78 Å². The van der Waals surface area contributed by atoms with Crippen molar-refractivity contribution in [2.24, 2.45) is 0 Å². The van der Waals surface area contributed by atoms with Gasteiger partial charge in [0.1, 0.15) is 11.6 Å². The summed E-state index contributed by atoms with van der Waals surface area (Å²) in [5.74, 6) is -0.992. The highest BCUT2D eigenvalue weighted by atomic mass is 19.1. The van der Waals surface area contributed by atoms with Gasteiger partial charge in [-0.2, -0.15) is 0 Å². The average Bonchev–Trinajstić information content (AvgIpc) is 2.30. The van der Waals surface area contributed by atoms with Gasteiger partial charge in [-0.1, -0.05) is 0 Å². The first-order valence-electron chi connectivity index (χ1n) is 6.50. The minimum atomic E-state index is -0.496. The van der Waals surface area contributed by atoms with Crippen LogP contribution in [0.25, 0.3) is 0 Å². The molecular weight excluding hydrogens is 234 g/mol. The Morgan fingerprint density at radius 2 is 1.78 bits per heavy atom. The first-order chi connectivity index (χ1) is 8.63. The van der Waals surface area contributed by atoms with Gasteiger partial charge in [0.25, 0.3) is 0 Å².